The van der Waals surface area contributed by atoms with E-state index in [2.05, 4.69) is 0 Å². The summed E-state index contributed by atoms with van der Waals surface area (Å²) in [7, 11) is 0. The average Bonchev–Trinajstić information content (AvgIpc) is 2.13. The van der Waals surface area contributed by atoms with Gasteiger partial charge in [-0.2, -0.15) is 26.3 Å². The third-order valence-electron chi connectivity index (χ3n) is 1.93. The molecule has 0 aliphatic heterocycles. The molecular weight excluding hydrogens is 284 g/mol. The molecule has 102 valence electrons. The minimum Gasteiger partial charge on any atom is -0.353 e. The van der Waals surface area contributed by atoms with E-state index >= 15 is 0 Å². The Bertz CT molecular complexity index is 367. The summed E-state index contributed by atoms with van der Waals surface area (Å²) in [5.74, 6) is 0. The number of benzene rings is 1. The van der Waals surface area contributed by atoms with Crippen LogP contribution in [0.1, 0.15) is 0 Å². The molecule has 0 spiro atoms. The molecule has 0 amide bonds. The van der Waals surface area contributed by atoms with Crippen molar-refractivity contribution in [2.75, 3.05) is 18.0 Å². The van der Waals surface area contributed by atoms with Crippen LogP contribution in [0.5, 0.6) is 0 Å². The van der Waals surface area contributed by atoms with Crippen LogP contribution in [0.15, 0.2) is 24.3 Å². The van der Waals surface area contributed by atoms with Gasteiger partial charge in [0.1, 0.15) is 13.1 Å². The lowest BCUT2D eigenvalue weighted by Gasteiger charge is -2.26. The van der Waals surface area contributed by atoms with Crippen molar-refractivity contribution in [3.8, 4) is 0 Å². The van der Waals surface area contributed by atoms with E-state index in [-0.39, 0.29) is 15.6 Å². The molecule has 0 aromatic heterocycles. The van der Waals surface area contributed by atoms with Crippen LogP contribution in [0.25, 0.3) is 0 Å². The van der Waals surface area contributed by atoms with Crippen LogP contribution < -0.4 is 4.90 Å². The number of rotatable bonds is 3. The molecular formula is C10H8ClF6N. The quantitative estimate of drug-likeness (QED) is 0.752. The zero-order valence-electron chi connectivity index (χ0n) is 8.82. The van der Waals surface area contributed by atoms with E-state index in [0.717, 1.165) is 12.1 Å². The molecule has 0 aliphatic rings. The van der Waals surface area contributed by atoms with Crippen molar-refractivity contribution in [3.05, 3.63) is 29.3 Å². The van der Waals surface area contributed by atoms with Crippen molar-refractivity contribution in [3.63, 3.8) is 0 Å². The van der Waals surface area contributed by atoms with E-state index < -0.39 is 25.4 Å². The summed E-state index contributed by atoms with van der Waals surface area (Å²) in [4.78, 5) is 0.205. The summed E-state index contributed by atoms with van der Waals surface area (Å²) >= 11 is 5.52. The number of hydrogen-bond donors (Lipinski definition) is 0. The highest BCUT2D eigenvalue weighted by molar-refractivity contribution is 6.30. The summed E-state index contributed by atoms with van der Waals surface area (Å²) < 4.78 is 73.3. The van der Waals surface area contributed by atoms with E-state index in [0.29, 0.717) is 0 Å². The lowest BCUT2D eigenvalue weighted by atomic mass is 10.3. The molecule has 8 heteroatoms. The van der Waals surface area contributed by atoms with Crippen LogP contribution in [0.2, 0.25) is 5.02 Å². The Morgan fingerprint density at radius 3 is 1.56 bits per heavy atom. The Morgan fingerprint density at radius 2 is 1.22 bits per heavy atom. The Kier molecular flexibility index (Phi) is 4.37. The second-order valence-electron chi connectivity index (χ2n) is 3.56. The van der Waals surface area contributed by atoms with Gasteiger partial charge >= 0.3 is 12.4 Å². The SMILES string of the molecule is FC(F)(F)CN(CC(F)(F)F)c1ccc(Cl)cc1. The first kappa shape index (κ1) is 14.9. The number of halogens is 7. The van der Waals surface area contributed by atoms with Crippen molar-refractivity contribution in [1.82, 2.24) is 0 Å². The zero-order chi connectivity index (χ0) is 14.0. The first-order chi connectivity index (χ1) is 8.07. The van der Waals surface area contributed by atoms with E-state index in [1.807, 2.05) is 0 Å². The second-order valence-corrected chi connectivity index (χ2v) is 4.00. The highest BCUT2D eigenvalue weighted by Gasteiger charge is 2.37. The standard InChI is InChI=1S/C10H8ClF6N/c11-7-1-3-8(4-2-7)18(5-9(12,13)14)6-10(15,16)17/h1-4H,5-6H2. The molecule has 0 N–H and O–H groups in total. The summed E-state index contributed by atoms with van der Waals surface area (Å²) in [5, 5.41) is 0.234. The molecule has 0 unspecified atom stereocenters. The Labute approximate surface area is 104 Å². The maximum Gasteiger partial charge on any atom is 0.405 e. The third-order valence-corrected chi connectivity index (χ3v) is 2.18. The van der Waals surface area contributed by atoms with Gasteiger partial charge < -0.3 is 4.90 Å². The van der Waals surface area contributed by atoms with Gasteiger partial charge in [-0.15, -0.1) is 0 Å². The lowest BCUT2D eigenvalue weighted by molar-refractivity contribution is -0.137. The molecule has 0 atom stereocenters. The van der Waals surface area contributed by atoms with Crippen molar-refractivity contribution in [2.45, 2.75) is 12.4 Å². The molecule has 1 nitrogen and oxygen atoms in total. The van der Waals surface area contributed by atoms with Crippen LogP contribution in [-0.4, -0.2) is 25.4 Å². The van der Waals surface area contributed by atoms with Gasteiger partial charge in [-0.1, -0.05) is 11.6 Å². The summed E-state index contributed by atoms with van der Waals surface area (Å²) in [6.07, 6.45) is -9.43. The Morgan fingerprint density at radius 1 is 0.833 bits per heavy atom. The van der Waals surface area contributed by atoms with Crippen molar-refractivity contribution < 1.29 is 26.3 Å². The molecule has 0 aliphatic carbocycles. The number of nitrogens with zero attached hydrogens (tertiary/aromatic N) is 1. The van der Waals surface area contributed by atoms with Crippen LogP contribution in [0, 0.1) is 0 Å². The van der Waals surface area contributed by atoms with Gasteiger partial charge in [0.2, 0.25) is 0 Å². The van der Waals surface area contributed by atoms with Crippen LogP contribution >= 0.6 is 11.6 Å². The number of alkyl halides is 6. The van der Waals surface area contributed by atoms with Crippen LogP contribution in [0.3, 0.4) is 0 Å². The van der Waals surface area contributed by atoms with Crippen LogP contribution in [0.4, 0.5) is 32.0 Å². The number of anilines is 1. The number of hydrogen-bond acceptors (Lipinski definition) is 1. The predicted molar refractivity (Wildman–Crippen MR) is 55.8 cm³/mol. The van der Waals surface area contributed by atoms with Gasteiger partial charge in [-0.05, 0) is 24.3 Å². The van der Waals surface area contributed by atoms with Gasteiger partial charge in [0, 0.05) is 10.7 Å². The minimum atomic E-state index is -4.72. The van der Waals surface area contributed by atoms with Gasteiger partial charge in [0.15, 0.2) is 0 Å². The molecule has 1 aromatic rings. The lowest BCUT2D eigenvalue weighted by Crippen LogP contribution is -2.40. The van der Waals surface area contributed by atoms with E-state index in [9.17, 15) is 26.3 Å². The maximum absolute atomic E-state index is 12.2. The topological polar surface area (TPSA) is 3.24 Å². The van der Waals surface area contributed by atoms with Gasteiger partial charge in [-0.25, -0.2) is 0 Å². The average molecular weight is 292 g/mol. The first-order valence-corrected chi connectivity index (χ1v) is 5.09. The largest absolute Gasteiger partial charge is 0.405 e. The normalized spacial score (nSPS) is 12.6. The molecule has 0 fully saturated rings. The molecule has 1 aromatic carbocycles. The molecule has 0 saturated heterocycles. The fourth-order valence-corrected chi connectivity index (χ4v) is 1.45. The molecule has 1 rings (SSSR count). The molecule has 0 saturated carbocycles. The van der Waals surface area contributed by atoms with Gasteiger partial charge in [0.05, 0.1) is 0 Å². The Hall–Kier alpha value is -1.11. The van der Waals surface area contributed by atoms with Gasteiger partial charge in [0.25, 0.3) is 0 Å². The smallest absolute Gasteiger partial charge is 0.353 e. The summed E-state index contributed by atoms with van der Waals surface area (Å²) in [6.45, 7) is -3.34. The predicted octanol–water partition coefficient (Wildman–Crippen LogP) is 4.27. The first-order valence-electron chi connectivity index (χ1n) is 4.71. The fraction of sp³-hybridized carbons (Fsp3) is 0.400. The third kappa shape index (κ3) is 5.48. The van der Waals surface area contributed by atoms with E-state index in [1.54, 1.807) is 0 Å². The molecule has 0 heterocycles. The minimum absolute atomic E-state index is 0.186. The highest BCUT2D eigenvalue weighted by Crippen LogP contribution is 2.27. The Balaban J connectivity index is 2.93. The molecule has 0 bridgehead atoms. The highest BCUT2D eigenvalue weighted by atomic mass is 35.5. The second kappa shape index (κ2) is 5.26. The molecule has 18 heavy (non-hydrogen) atoms. The molecule has 0 radical (unpaired) electrons. The van der Waals surface area contributed by atoms with Crippen LogP contribution in [-0.2, 0) is 0 Å². The fourth-order valence-electron chi connectivity index (χ4n) is 1.32. The van der Waals surface area contributed by atoms with Crippen molar-refractivity contribution in [2.24, 2.45) is 0 Å². The summed E-state index contributed by atoms with van der Waals surface area (Å²) in [6, 6.07) is 4.69. The van der Waals surface area contributed by atoms with E-state index in [1.165, 1.54) is 12.1 Å². The monoisotopic (exact) mass is 291 g/mol. The zero-order valence-corrected chi connectivity index (χ0v) is 9.57. The maximum atomic E-state index is 12.2. The summed E-state index contributed by atoms with van der Waals surface area (Å²) in [5.41, 5.74) is -0.186. The van der Waals surface area contributed by atoms with Gasteiger partial charge in [-0.3, -0.25) is 0 Å². The van der Waals surface area contributed by atoms with Crippen molar-refractivity contribution >= 4 is 17.3 Å². The van der Waals surface area contributed by atoms with E-state index in [4.69, 9.17) is 11.6 Å². The van der Waals surface area contributed by atoms with Crippen molar-refractivity contribution in [1.29, 1.82) is 0 Å².